The van der Waals surface area contributed by atoms with Crippen molar-refractivity contribution < 1.29 is 9.53 Å². The first-order valence-electron chi connectivity index (χ1n) is 9.36. The van der Waals surface area contributed by atoms with Crippen LogP contribution in [-0.2, 0) is 11.2 Å². The number of benzene rings is 2. The molecular formula is C22H23ClN4O2. The van der Waals surface area contributed by atoms with Crippen molar-refractivity contribution in [2.45, 2.75) is 33.3 Å². The summed E-state index contributed by atoms with van der Waals surface area (Å²) in [5, 5.41) is 6.82. The van der Waals surface area contributed by atoms with Gasteiger partial charge in [-0.3, -0.25) is 4.79 Å². The summed E-state index contributed by atoms with van der Waals surface area (Å²) in [5.74, 6) is 1.05. The molecule has 0 saturated carbocycles. The van der Waals surface area contributed by atoms with Crippen LogP contribution in [0.5, 0.6) is 5.75 Å². The Bertz CT molecular complexity index is 992. The van der Waals surface area contributed by atoms with Crippen molar-refractivity contribution in [3.8, 4) is 5.75 Å². The first-order chi connectivity index (χ1) is 13.9. The van der Waals surface area contributed by atoms with Crippen LogP contribution < -0.4 is 15.4 Å². The highest BCUT2D eigenvalue weighted by Crippen LogP contribution is 2.25. The molecule has 29 heavy (non-hydrogen) atoms. The molecule has 0 radical (unpaired) electrons. The summed E-state index contributed by atoms with van der Waals surface area (Å²) < 4.78 is 5.71. The highest BCUT2D eigenvalue weighted by molar-refractivity contribution is 6.30. The third-order valence-corrected chi connectivity index (χ3v) is 4.57. The Hall–Kier alpha value is -3.12. The van der Waals surface area contributed by atoms with Gasteiger partial charge < -0.3 is 15.4 Å². The van der Waals surface area contributed by atoms with Crippen LogP contribution >= 0.6 is 11.6 Å². The maximum absolute atomic E-state index is 12.7. The minimum atomic E-state index is -0.665. The summed E-state index contributed by atoms with van der Waals surface area (Å²) in [7, 11) is 0. The van der Waals surface area contributed by atoms with Crippen LogP contribution in [0.3, 0.4) is 0 Å². The van der Waals surface area contributed by atoms with Gasteiger partial charge in [0.2, 0.25) is 0 Å². The van der Waals surface area contributed by atoms with E-state index in [-0.39, 0.29) is 5.91 Å². The number of hydrogen-bond acceptors (Lipinski definition) is 5. The number of carbonyl (C=O) groups is 1. The number of anilines is 3. The average molecular weight is 411 g/mol. The molecule has 1 amide bonds. The Labute approximate surface area is 175 Å². The van der Waals surface area contributed by atoms with Gasteiger partial charge in [0.05, 0.1) is 0 Å². The van der Waals surface area contributed by atoms with Crippen LogP contribution in [0.25, 0.3) is 0 Å². The van der Waals surface area contributed by atoms with Gasteiger partial charge in [0.25, 0.3) is 5.91 Å². The highest BCUT2D eigenvalue weighted by Gasteiger charge is 2.16. The number of rotatable bonds is 7. The molecule has 0 aliphatic carbocycles. The van der Waals surface area contributed by atoms with Crippen molar-refractivity contribution in [3.63, 3.8) is 0 Å². The number of amides is 1. The fourth-order valence-corrected chi connectivity index (χ4v) is 2.88. The zero-order valence-electron chi connectivity index (χ0n) is 16.6. The number of carbonyl (C=O) groups excluding carboxylic acids is 1. The molecule has 1 heterocycles. The molecule has 0 aliphatic heterocycles. The summed E-state index contributed by atoms with van der Waals surface area (Å²) in [6.45, 7) is 5.65. The number of ether oxygens (including phenoxy) is 1. The Morgan fingerprint density at radius 1 is 1.14 bits per heavy atom. The first-order valence-corrected chi connectivity index (χ1v) is 9.74. The molecule has 0 fully saturated rings. The van der Waals surface area contributed by atoms with E-state index in [2.05, 4.69) is 20.6 Å². The van der Waals surface area contributed by atoms with Crippen molar-refractivity contribution in [1.82, 2.24) is 9.97 Å². The topological polar surface area (TPSA) is 76.1 Å². The molecule has 0 saturated heterocycles. The molecule has 1 atom stereocenters. The zero-order chi connectivity index (χ0) is 20.8. The van der Waals surface area contributed by atoms with Gasteiger partial charge in [-0.05, 0) is 62.2 Å². The van der Waals surface area contributed by atoms with Gasteiger partial charge in [-0.25, -0.2) is 9.97 Å². The molecule has 7 heteroatoms. The molecular weight excluding hydrogens is 388 g/mol. The lowest BCUT2D eigenvalue weighted by molar-refractivity contribution is -0.122. The number of nitrogens with zero attached hydrogens (tertiary/aromatic N) is 2. The van der Waals surface area contributed by atoms with E-state index < -0.39 is 6.10 Å². The van der Waals surface area contributed by atoms with Crippen LogP contribution in [0, 0.1) is 6.92 Å². The second kappa shape index (κ2) is 9.39. The van der Waals surface area contributed by atoms with Crippen LogP contribution in [0.1, 0.15) is 25.1 Å². The van der Waals surface area contributed by atoms with Crippen molar-refractivity contribution >= 4 is 34.7 Å². The summed E-state index contributed by atoms with van der Waals surface area (Å²) in [5.41, 5.74) is 3.46. The van der Waals surface area contributed by atoms with Crippen molar-refractivity contribution in [3.05, 3.63) is 71.1 Å². The fourth-order valence-electron chi connectivity index (χ4n) is 2.75. The number of hydrogen-bond donors (Lipinski definition) is 2. The largest absolute Gasteiger partial charge is 0.481 e. The van der Waals surface area contributed by atoms with E-state index in [1.54, 1.807) is 31.2 Å². The van der Waals surface area contributed by atoms with Gasteiger partial charge in [-0.15, -0.1) is 0 Å². The molecule has 2 N–H and O–H groups in total. The van der Waals surface area contributed by atoms with Crippen LogP contribution in [0.4, 0.5) is 17.2 Å². The molecule has 150 valence electrons. The molecule has 3 aromatic rings. The van der Waals surface area contributed by atoms with Gasteiger partial charge in [0.15, 0.2) is 6.10 Å². The maximum atomic E-state index is 12.7. The Morgan fingerprint density at radius 2 is 1.90 bits per heavy atom. The third kappa shape index (κ3) is 5.68. The summed E-state index contributed by atoms with van der Waals surface area (Å²) >= 11 is 5.88. The normalized spacial score (nSPS) is 11.6. The van der Waals surface area contributed by atoms with E-state index in [0.717, 1.165) is 29.1 Å². The highest BCUT2D eigenvalue weighted by atomic mass is 35.5. The Morgan fingerprint density at radius 3 is 2.59 bits per heavy atom. The third-order valence-electron chi connectivity index (χ3n) is 4.32. The van der Waals surface area contributed by atoms with E-state index in [9.17, 15) is 4.79 Å². The second-order valence-electron chi connectivity index (χ2n) is 6.60. The molecule has 0 spiro atoms. The van der Waals surface area contributed by atoms with E-state index in [4.69, 9.17) is 16.3 Å². The number of aromatic nitrogens is 2. The molecule has 2 aromatic carbocycles. The Kier molecular flexibility index (Phi) is 6.67. The quantitative estimate of drug-likeness (QED) is 0.563. The van der Waals surface area contributed by atoms with Crippen LogP contribution in [-0.4, -0.2) is 22.0 Å². The average Bonchev–Trinajstić information content (AvgIpc) is 2.70. The molecule has 6 nitrogen and oxygen atoms in total. The monoisotopic (exact) mass is 410 g/mol. The van der Waals surface area contributed by atoms with Gasteiger partial charge in [0, 0.05) is 28.2 Å². The molecule has 1 aromatic heterocycles. The van der Waals surface area contributed by atoms with Crippen molar-refractivity contribution in [1.29, 1.82) is 0 Å². The standard InChI is InChI=1S/C22H23ClN4O2/c1-4-16-5-8-18(26-21-11-14(2)24-13-25-21)12-20(16)27-22(28)15(3)29-19-9-6-17(23)7-10-19/h5-13,15H,4H2,1-3H3,(H,27,28)(H,24,25,26). The lowest BCUT2D eigenvalue weighted by atomic mass is 10.1. The van der Waals surface area contributed by atoms with Crippen LogP contribution in [0.2, 0.25) is 5.02 Å². The Balaban J connectivity index is 1.72. The van der Waals surface area contributed by atoms with Crippen molar-refractivity contribution in [2.75, 3.05) is 10.6 Å². The SMILES string of the molecule is CCc1ccc(Nc2cc(C)ncn2)cc1NC(=O)C(C)Oc1ccc(Cl)cc1. The fraction of sp³-hybridized carbons (Fsp3) is 0.227. The van der Waals surface area contributed by atoms with E-state index in [0.29, 0.717) is 16.6 Å². The van der Waals surface area contributed by atoms with Crippen molar-refractivity contribution in [2.24, 2.45) is 0 Å². The smallest absolute Gasteiger partial charge is 0.265 e. The summed E-state index contributed by atoms with van der Waals surface area (Å²) in [4.78, 5) is 21.0. The first kappa shape index (κ1) is 20.6. The lowest BCUT2D eigenvalue weighted by Gasteiger charge is -2.17. The molecule has 0 aliphatic rings. The van der Waals surface area contributed by atoms with Gasteiger partial charge in [0.1, 0.15) is 17.9 Å². The predicted molar refractivity (Wildman–Crippen MR) is 116 cm³/mol. The van der Waals surface area contributed by atoms with Gasteiger partial charge >= 0.3 is 0 Å². The number of aryl methyl sites for hydroxylation is 2. The molecule has 1 unspecified atom stereocenters. The van der Waals surface area contributed by atoms with E-state index >= 15 is 0 Å². The predicted octanol–water partition coefficient (Wildman–Crippen LogP) is 5.15. The van der Waals surface area contributed by atoms with Crippen LogP contribution in [0.15, 0.2) is 54.9 Å². The zero-order valence-corrected chi connectivity index (χ0v) is 17.3. The molecule has 3 rings (SSSR count). The summed E-state index contributed by atoms with van der Waals surface area (Å²) in [6.07, 6.45) is 1.63. The van der Waals surface area contributed by atoms with E-state index in [1.807, 2.05) is 38.1 Å². The number of nitrogens with one attached hydrogen (secondary N) is 2. The number of halogens is 1. The maximum Gasteiger partial charge on any atom is 0.265 e. The van der Waals surface area contributed by atoms with Gasteiger partial charge in [-0.1, -0.05) is 24.6 Å². The van der Waals surface area contributed by atoms with Gasteiger partial charge in [-0.2, -0.15) is 0 Å². The summed E-state index contributed by atoms with van der Waals surface area (Å²) in [6, 6.07) is 14.6. The second-order valence-corrected chi connectivity index (χ2v) is 7.03. The van der Waals surface area contributed by atoms with E-state index in [1.165, 1.54) is 6.33 Å². The minimum absolute atomic E-state index is 0.232. The minimum Gasteiger partial charge on any atom is -0.481 e. The molecule has 0 bridgehead atoms. The lowest BCUT2D eigenvalue weighted by Crippen LogP contribution is -2.30.